The first-order chi connectivity index (χ1) is 9.27. The molecule has 0 amide bonds. The minimum absolute atomic E-state index is 0.238. The van der Waals surface area contributed by atoms with Crippen molar-refractivity contribution in [1.82, 2.24) is 19.9 Å². The summed E-state index contributed by atoms with van der Waals surface area (Å²) in [6, 6.07) is 1.47. The van der Waals surface area contributed by atoms with Crippen molar-refractivity contribution in [2.24, 2.45) is 0 Å². The summed E-state index contributed by atoms with van der Waals surface area (Å²) in [6.45, 7) is 5.75. The first-order valence-electron chi connectivity index (χ1n) is 6.61. The molecule has 2 rings (SSSR count). The number of hydrogen-bond donors (Lipinski definition) is 1. The van der Waals surface area contributed by atoms with Crippen molar-refractivity contribution in [1.29, 1.82) is 0 Å². The van der Waals surface area contributed by atoms with Gasteiger partial charge in [0.1, 0.15) is 11.6 Å². The number of pyridine rings is 1. The van der Waals surface area contributed by atoms with Crippen LogP contribution in [-0.2, 0) is 6.54 Å². The van der Waals surface area contributed by atoms with Gasteiger partial charge in [-0.15, -0.1) is 0 Å². The Bertz CT molecular complexity index is 524. The summed E-state index contributed by atoms with van der Waals surface area (Å²) in [6.07, 6.45) is 7.50. The van der Waals surface area contributed by atoms with E-state index in [0.717, 1.165) is 25.3 Å². The maximum absolute atomic E-state index is 14.0. The number of nitrogens with one attached hydrogen (secondary N) is 1. The van der Waals surface area contributed by atoms with Gasteiger partial charge in [-0.2, -0.15) is 0 Å². The van der Waals surface area contributed by atoms with Crippen LogP contribution >= 0.6 is 0 Å². The quantitative estimate of drug-likeness (QED) is 0.870. The van der Waals surface area contributed by atoms with Gasteiger partial charge in [-0.05, 0) is 26.0 Å². The standard InChI is InChI=1S/C14H19FN4/c1-3-6-17-13(11-5-7-16-10-12(11)15)14-18-8-9-19(14)4-2/h5,7-10,13,17H,3-4,6H2,1-2H3. The summed E-state index contributed by atoms with van der Waals surface area (Å²) in [5.41, 5.74) is 0.587. The molecule has 5 heteroatoms. The van der Waals surface area contributed by atoms with Crippen LogP contribution in [0, 0.1) is 5.82 Å². The summed E-state index contributed by atoms with van der Waals surface area (Å²) in [5.74, 6) is 0.530. The van der Waals surface area contributed by atoms with E-state index in [0.29, 0.717) is 5.56 Å². The highest BCUT2D eigenvalue weighted by atomic mass is 19.1. The van der Waals surface area contributed by atoms with Crippen LogP contribution in [-0.4, -0.2) is 21.1 Å². The Kier molecular flexibility index (Phi) is 4.63. The van der Waals surface area contributed by atoms with Gasteiger partial charge in [0.15, 0.2) is 0 Å². The van der Waals surface area contributed by atoms with Gasteiger partial charge in [-0.1, -0.05) is 6.92 Å². The van der Waals surface area contributed by atoms with Gasteiger partial charge in [-0.3, -0.25) is 4.98 Å². The van der Waals surface area contributed by atoms with Crippen LogP contribution in [0.2, 0.25) is 0 Å². The van der Waals surface area contributed by atoms with Gasteiger partial charge in [-0.25, -0.2) is 9.37 Å². The van der Waals surface area contributed by atoms with Gasteiger partial charge < -0.3 is 9.88 Å². The first kappa shape index (κ1) is 13.7. The van der Waals surface area contributed by atoms with Crippen molar-refractivity contribution in [3.8, 4) is 0 Å². The maximum Gasteiger partial charge on any atom is 0.146 e. The lowest BCUT2D eigenvalue weighted by molar-refractivity contribution is 0.509. The van der Waals surface area contributed by atoms with Crippen molar-refractivity contribution in [2.45, 2.75) is 32.9 Å². The second-order valence-electron chi connectivity index (χ2n) is 4.36. The molecule has 0 aliphatic carbocycles. The van der Waals surface area contributed by atoms with Crippen molar-refractivity contribution >= 4 is 0 Å². The lowest BCUT2D eigenvalue weighted by Crippen LogP contribution is -2.27. The van der Waals surface area contributed by atoms with Crippen molar-refractivity contribution in [2.75, 3.05) is 6.54 Å². The average molecular weight is 262 g/mol. The number of imidazole rings is 1. The average Bonchev–Trinajstić information content (AvgIpc) is 2.89. The predicted octanol–water partition coefficient (Wildman–Crippen LogP) is 2.53. The highest BCUT2D eigenvalue weighted by Crippen LogP contribution is 2.22. The van der Waals surface area contributed by atoms with E-state index in [-0.39, 0.29) is 11.9 Å². The third-order valence-corrected chi connectivity index (χ3v) is 3.06. The Morgan fingerprint density at radius 2 is 2.21 bits per heavy atom. The molecule has 0 fully saturated rings. The Hall–Kier alpha value is -1.75. The Morgan fingerprint density at radius 1 is 1.37 bits per heavy atom. The van der Waals surface area contributed by atoms with Crippen LogP contribution in [0.25, 0.3) is 0 Å². The number of halogens is 1. The fraction of sp³-hybridized carbons (Fsp3) is 0.429. The fourth-order valence-corrected chi connectivity index (χ4v) is 2.10. The summed E-state index contributed by atoms with van der Waals surface area (Å²) >= 11 is 0. The molecule has 1 atom stereocenters. The second-order valence-corrected chi connectivity index (χ2v) is 4.36. The first-order valence-corrected chi connectivity index (χ1v) is 6.61. The van der Waals surface area contributed by atoms with Crippen molar-refractivity contribution < 1.29 is 4.39 Å². The SMILES string of the molecule is CCCNC(c1ccncc1F)c1nccn1CC. The van der Waals surface area contributed by atoms with Crippen LogP contribution in [0.1, 0.15) is 37.7 Å². The molecule has 0 aromatic carbocycles. The third-order valence-electron chi connectivity index (χ3n) is 3.06. The minimum Gasteiger partial charge on any atom is -0.334 e. The van der Waals surface area contributed by atoms with Gasteiger partial charge in [0.05, 0.1) is 12.2 Å². The second kappa shape index (κ2) is 6.43. The molecule has 0 bridgehead atoms. The maximum atomic E-state index is 14.0. The van der Waals surface area contributed by atoms with Crippen LogP contribution in [0.3, 0.4) is 0 Å². The summed E-state index contributed by atoms with van der Waals surface area (Å²) in [4.78, 5) is 8.17. The summed E-state index contributed by atoms with van der Waals surface area (Å²) in [5, 5.41) is 3.35. The van der Waals surface area contributed by atoms with Crippen molar-refractivity contribution in [3.63, 3.8) is 0 Å². The summed E-state index contributed by atoms with van der Waals surface area (Å²) < 4.78 is 16.0. The van der Waals surface area contributed by atoms with Crippen LogP contribution in [0.5, 0.6) is 0 Å². The molecule has 0 saturated carbocycles. The largest absolute Gasteiger partial charge is 0.334 e. The fourth-order valence-electron chi connectivity index (χ4n) is 2.10. The molecule has 102 valence electrons. The van der Waals surface area contributed by atoms with Gasteiger partial charge in [0.2, 0.25) is 0 Å². The predicted molar refractivity (Wildman–Crippen MR) is 72.2 cm³/mol. The minimum atomic E-state index is -0.304. The van der Waals surface area contributed by atoms with E-state index in [2.05, 4.69) is 22.2 Å². The number of aromatic nitrogens is 3. The smallest absolute Gasteiger partial charge is 0.146 e. The summed E-state index contributed by atoms with van der Waals surface area (Å²) in [7, 11) is 0. The normalized spacial score (nSPS) is 12.6. The lowest BCUT2D eigenvalue weighted by atomic mass is 10.1. The molecule has 2 heterocycles. The van der Waals surface area contributed by atoms with Gasteiger partial charge in [0.25, 0.3) is 0 Å². The Balaban J connectivity index is 2.39. The number of hydrogen-bond acceptors (Lipinski definition) is 3. The van der Waals surface area contributed by atoms with Crippen LogP contribution in [0.4, 0.5) is 4.39 Å². The molecule has 0 radical (unpaired) electrons. The molecular weight excluding hydrogens is 243 g/mol. The zero-order valence-corrected chi connectivity index (χ0v) is 11.3. The van der Waals surface area contributed by atoms with E-state index < -0.39 is 0 Å². The van der Waals surface area contributed by atoms with Crippen molar-refractivity contribution in [3.05, 3.63) is 48.1 Å². The number of nitrogens with zero attached hydrogens (tertiary/aromatic N) is 3. The molecule has 2 aromatic rings. The topological polar surface area (TPSA) is 42.7 Å². The molecule has 19 heavy (non-hydrogen) atoms. The molecular formula is C14H19FN4. The van der Waals surface area contributed by atoms with E-state index in [4.69, 9.17) is 0 Å². The van der Waals surface area contributed by atoms with Gasteiger partial charge >= 0.3 is 0 Å². The Labute approximate surface area is 112 Å². The Morgan fingerprint density at radius 3 is 2.89 bits per heavy atom. The highest BCUT2D eigenvalue weighted by Gasteiger charge is 2.21. The van der Waals surface area contributed by atoms with Gasteiger partial charge in [0, 0.05) is 30.7 Å². The monoisotopic (exact) mass is 262 g/mol. The zero-order valence-electron chi connectivity index (χ0n) is 11.3. The molecule has 0 aliphatic heterocycles. The number of aryl methyl sites for hydroxylation is 1. The van der Waals surface area contributed by atoms with E-state index in [1.807, 2.05) is 17.7 Å². The zero-order chi connectivity index (χ0) is 13.7. The lowest BCUT2D eigenvalue weighted by Gasteiger charge is -2.20. The molecule has 4 nitrogen and oxygen atoms in total. The number of rotatable bonds is 6. The van der Waals surface area contributed by atoms with E-state index in [1.165, 1.54) is 6.20 Å². The van der Waals surface area contributed by atoms with E-state index in [1.54, 1.807) is 18.5 Å². The molecule has 0 aliphatic rings. The molecule has 1 N–H and O–H groups in total. The third kappa shape index (κ3) is 2.98. The van der Waals surface area contributed by atoms with E-state index >= 15 is 0 Å². The molecule has 0 spiro atoms. The molecule has 1 unspecified atom stereocenters. The highest BCUT2D eigenvalue weighted by molar-refractivity contribution is 5.24. The van der Waals surface area contributed by atoms with Crippen LogP contribution in [0.15, 0.2) is 30.9 Å². The van der Waals surface area contributed by atoms with E-state index in [9.17, 15) is 4.39 Å². The van der Waals surface area contributed by atoms with Crippen LogP contribution < -0.4 is 5.32 Å². The molecule has 2 aromatic heterocycles. The molecule has 0 saturated heterocycles.